The highest BCUT2D eigenvalue weighted by atomic mass is 16.7. The first-order valence-corrected chi connectivity index (χ1v) is 11.8. The number of ether oxygens (including phenoxy) is 2. The van der Waals surface area contributed by atoms with Gasteiger partial charge in [0.15, 0.2) is 5.76 Å². The molecular formula is C25H32N2O6. The molecule has 8 heteroatoms. The van der Waals surface area contributed by atoms with E-state index in [1.54, 1.807) is 6.26 Å². The molecule has 0 spiro atoms. The Morgan fingerprint density at radius 1 is 1.24 bits per heavy atom. The molecule has 2 amide bonds. The number of furan rings is 1. The number of aliphatic hydroxyl groups is 1. The summed E-state index contributed by atoms with van der Waals surface area (Å²) in [6.07, 6.45) is 7.19. The zero-order chi connectivity index (χ0) is 23.0. The summed E-state index contributed by atoms with van der Waals surface area (Å²) in [5, 5.41) is 12.9. The molecule has 3 heterocycles. The second-order valence-corrected chi connectivity index (χ2v) is 8.50. The summed E-state index contributed by atoms with van der Waals surface area (Å²) in [5.74, 6) is 0.0503. The van der Waals surface area contributed by atoms with E-state index in [-0.39, 0.29) is 30.1 Å². The maximum atomic E-state index is 12.9. The molecule has 1 fully saturated rings. The van der Waals surface area contributed by atoms with Crippen molar-refractivity contribution >= 4 is 22.8 Å². The van der Waals surface area contributed by atoms with Gasteiger partial charge in [0.1, 0.15) is 5.58 Å². The standard InChI is InChI=1S/C25H32N2O6/c28-13-3-4-14-31-24-16-18(20-17-32-21-8-2-1-7-19(20)21)15-22(33-24)25(30)26-10-6-12-27-11-5-9-23(27)29/h1-2,7-8,15,17-18,24,28H,3-6,9-14,16H2,(H,26,30)/t18-,24+/m0/s1. The van der Waals surface area contributed by atoms with Gasteiger partial charge in [0, 0.05) is 56.0 Å². The maximum Gasteiger partial charge on any atom is 0.286 e. The van der Waals surface area contributed by atoms with Crippen LogP contribution < -0.4 is 5.32 Å². The number of amides is 2. The van der Waals surface area contributed by atoms with Gasteiger partial charge in [-0.1, -0.05) is 18.2 Å². The topological polar surface area (TPSA) is 101 Å². The molecule has 2 atom stereocenters. The van der Waals surface area contributed by atoms with Crippen molar-refractivity contribution < 1.29 is 28.6 Å². The fourth-order valence-corrected chi connectivity index (χ4v) is 4.35. The second kappa shape index (κ2) is 11.3. The van der Waals surface area contributed by atoms with E-state index in [9.17, 15) is 9.59 Å². The van der Waals surface area contributed by atoms with Gasteiger partial charge in [-0.25, -0.2) is 0 Å². The molecule has 0 unspecified atom stereocenters. The lowest BCUT2D eigenvalue weighted by Gasteiger charge is -2.29. The van der Waals surface area contributed by atoms with Crippen molar-refractivity contribution in [2.45, 2.75) is 50.7 Å². The number of allylic oxidation sites excluding steroid dienone is 1. The third-order valence-corrected chi connectivity index (χ3v) is 6.11. The van der Waals surface area contributed by atoms with Gasteiger partial charge >= 0.3 is 0 Å². The van der Waals surface area contributed by atoms with Crippen molar-refractivity contribution in [3.63, 3.8) is 0 Å². The van der Waals surface area contributed by atoms with Gasteiger partial charge in [-0.15, -0.1) is 0 Å². The molecule has 8 nitrogen and oxygen atoms in total. The zero-order valence-electron chi connectivity index (χ0n) is 18.8. The lowest BCUT2D eigenvalue weighted by atomic mass is 9.92. The molecule has 1 saturated heterocycles. The largest absolute Gasteiger partial charge is 0.464 e. The van der Waals surface area contributed by atoms with Gasteiger partial charge in [-0.3, -0.25) is 9.59 Å². The Hall–Kier alpha value is -2.84. The number of hydrogen-bond acceptors (Lipinski definition) is 6. The van der Waals surface area contributed by atoms with Crippen LogP contribution >= 0.6 is 0 Å². The van der Waals surface area contributed by atoms with Gasteiger partial charge in [-0.05, 0) is 37.8 Å². The molecule has 2 N–H and O–H groups in total. The highest BCUT2D eigenvalue weighted by Crippen LogP contribution is 2.36. The number of nitrogens with zero attached hydrogens (tertiary/aromatic N) is 1. The van der Waals surface area contributed by atoms with E-state index in [0.29, 0.717) is 45.4 Å². The predicted molar refractivity (Wildman–Crippen MR) is 122 cm³/mol. The SMILES string of the molecule is O=C(NCCCN1CCCC1=O)C1=C[C@H](c2coc3ccccc23)C[C@H](OCCCCO)O1. The van der Waals surface area contributed by atoms with Crippen molar-refractivity contribution in [2.75, 3.05) is 32.8 Å². The summed E-state index contributed by atoms with van der Waals surface area (Å²) < 4.78 is 17.5. The number of nitrogens with one attached hydrogen (secondary N) is 1. The smallest absolute Gasteiger partial charge is 0.286 e. The third-order valence-electron chi connectivity index (χ3n) is 6.11. The van der Waals surface area contributed by atoms with Crippen molar-refractivity contribution in [2.24, 2.45) is 0 Å². The van der Waals surface area contributed by atoms with Crippen molar-refractivity contribution in [3.05, 3.63) is 47.9 Å². The fourth-order valence-electron chi connectivity index (χ4n) is 4.35. The molecule has 4 rings (SSSR count). The molecule has 0 saturated carbocycles. The van der Waals surface area contributed by atoms with E-state index in [0.717, 1.165) is 35.9 Å². The van der Waals surface area contributed by atoms with Crippen LogP contribution in [0.15, 0.2) is 46.8 Å². The summed E-state index contributed by atoms with van der Waals surface area (Å²) in [6.45, 7) is 2.48. The molecule has 0 aliphatic carbocycles. The number of likely N-dealkylation sites (tertiary alicyclic amines) is 1. The summed E-state index contributed by atoms with van der Waals surface area (Å²) in [5.41, 5.74) is 1.80. The molecule has 178 valence electrons. The number of aliphatic hydroxyl groups excluding tert-OH is 1. The number of carbonyl (C=O) groups excluding carboxylic acids is 2. The quantitative estimate of drug-likeness (QED) is 0.504. The number of fused-ring (bicyclic) bond motifs is 1. The average Bonchev–Trinajstić information content (AvgIpc) is 3.45. The first-order valence-electron chi connectivity index (χ1n) is 11.8. The van der Waals surface area contributed by atoms with E-state index >= 15 is 0 Å². The van der Waals surface area contributed by atoms with E-state index < -0.39 is 6.29 Å². The van der Waals surface area contributed by atoms with Crippen LogP contribution in [0.2, 0.25) is 0 Å². The number of unbranched alkanes of at least 4 members (excludes halogenated alkanes) is 1. The van der Waals surface area contributed by atoms with Gasteiger partial charge in [0.25, 0.3) is 5.91 Å². The van der Waals surface area contributed by atoms with E-state index in [2.05, 4.69) is 5.32 Å². The number of hydrogen-bond donors (Lipinski definition) is 2. The summed E-state index contributed by atoms with van der Waals surface area (Å²) in [4.78, 5) is 26.4. The molecule has 33 heavy (non-hydrogen) atoms. The van der Waals surface area contributed by atoms with E-state index in [4.69, 9.17) is 19.0 Å². The molecular weight excluding hydrogens is 424 g/mol. The summed E-state index contributed by atoms with van der Waals surface area (Å²) >= 11 is 0. The minimum absolute atomic E-state index is 0.0896. The predicted octanol–water partition coefficient (Wildman–Crippen LogP) is 3.06. The van der Waals surface area contributed by atoms with Crippen molar-refractivity contribution in [1.29, 1.82) is 0 Å². The number of para-hydroxylation sites is 1. The lowest BCUT2D eigenvalue weighted by Crippen LogP contribution is -2.35. The van der Waals surface area contributed by atoms with Crippen LogP contribution in [0.1, 0.15) is 50.0 Å². The Bertz CT molecular complexity index is 984. The Kier molecular flexibility index (Phi) is 8.01. The second-order valence-electron chi connectivity index (χ2n) is 8.50. The lowest BCUT2D eigenvalue weighted by molar-refractivity contribution is -0.146. The van der Waals surface area contributed by atoms with E-state index in [1.165, 1.54) is 0 Å². The van der Waals surface area contributed by atoms with Crippen LogP contribution in [0.4, 0.5) is 0 Å². The minimum atomic E-state index is -0.560. The molecule has 0 radical (unpaired) electrons. The van der Waals surface area contributed by atoms with Gasteiger partial charge in [-0.2, -0.15) is 0 Å². The van der Waals surface area contributed by atoms with Crippen LogP contribution in [0, 0.1) is 0 Å². The number of benzene rings is 1. The maximum absolute atomic E-state index is 12.9. The number of rotatable bonds is 11. The number of carbonyl (C=O) groups is 2. The third kappa shape index (κ3) is 5.94. The van der Waals surface area contributed by atoms with Crippen LogP contribution in [-0.4, -0.2) is 61.0 Å². The normalized spacial score (nSPS) is 20.7. The van der Waals surface area contributed by atoms with Gasteiger partial charge in [0.2, 0.25) is 12.2 Å². The fraction of sp³-hybridized carbons (Fsp3) is 0.520. The van der Waals surface area contributed by atoms with Crippen molar-refractivity contribution in [1.82, 2.24) is 10.2 Å². The highest BCUT2D eigenvalue weighted by molar-refractivity contribution is 5.92. The average molecular weight is 457 g/mol. The van der Waals surface area contributed by atoms with Crippen LogP contribution in [-0.2, 0) is 19.1 Å². The van der Waals surface area contributed by atoms with Crippen LogP contribution in [0.5, 0.6) is 0 Å². The van der Waals surface area contributed by atoms with Gasteiger partial charge in [0.05, 0.1) is 12.9 Å². The van der Waals surface area contributed by atoms with Crippen molar-refractivity contribution in [3.8, 4) is 0 Å². The molecule has 2 aliphatic heterocycles. The monoisotopic (exact) mass is 456 g/mol. The van der Waals surface area contributed by atoms with Crippen LogP contribution in [0.3, 0.4) is 0 Å². The molecule has 2 aliphatic rings. The van der Waals surface area contributed by atoms with E-state index in [1.807, 2.05) is 35.2 Å². The van der Waals surface area contributed by atoms with Crippen LogP contribution in [0.25, 0.3) is 11.0 Å². The Balaban J connectivity index is 1.40. The van der Waals surface area contributed by atoms with Gasteiger partial charge < -0.3 is 29.2 Å². The summed E-state index contributed by atoms with van der Waals surface area (Å²) in [7, 11) is 0. The Morgan fingerprint density at radius 3 is 2.94 bits per heavy atom. The highest BCUT2D eigenvalue weighted by Gasteiger charge is 2.30. The Morgan fingerprint density at radius 2 is 2.12 bits per heavy atom. The Labute approximate surface area is 193 Å². The zero-order valence-corrected chi connectivity index (χ0v) is 18.8. The first-order chi connectivity index (χ1) is 16.2. The molecule has 1 aromatic heterocycles. The minimum Gasteiger partial charge on any atom is -0.464 e. The molecule has 1 aromatic carbocycles. The molecule has 0 bridgehead atoms. The molecule has 2 aromatic rings. The summed E-state index contributed by atoms with van der Waals surface area (Å²) in [6, 6.07) is 7.82. The first kappa shape index (κ1) is 23.3.